The zero-order valence-corrected chi connectivity index (χ0v) is 7.47. The molecule has 2 atom stereocenters. The van der Waals surface area contributed by atoms with E-state index in [1.807, 2.05) is 6.92 Å². The van der Waals surface area contributed by atoms with Crippen molar-refractivity contribution in [2.24, 2.45) is 0 Å². The van der Waals surface area contributed by atoms with Gasteiger partial charge in [0.2, 0.25) is 0 Å². The predicted octanol–water partition coefficient (Wildman–Crippen LogP) is 0.856. The summed E-state index contributed by atoms with van der Waals surface area (Å²) in [6, 6.07) is 0. The van der Waals surface area contributed by atoms with E-state index in [9.17, 15) is 9.59 Å². The average molecular weight is 190 g/mol. The van der Waals surface area contributed by atoms with Crippen LogP contribution in [0.2, 0.25) is 0 Å². The van der Waals surface area contributed by atoms with Gasteiger partial charge in [0, 0.05) is 0 Å². The Hall–Kier alpha value is -0.710. The van der Waals surface area contributed by atoms with E-state index in [0.29, 0.717) is 0 Å². The van der Waals surface area contributed by atoms with Gasteiger partial charge in [-0.25, -0.2) is 0 Å². The van der Waals surface area contributed by atoms with Crippen LogP contribution in [-0.4, -0.2) is 27.7 Å². The SMILES string of the molecule is CCC1OC(=O)C(CC(=O)O)S1. The quantitative estimate of drug-likeness (QED) is 0.668. The fraction of sp³-hybridized carbons (Fsp3) is 0.714. The molecule has 12 heavy (non-hydrogen) atoms. The third kappa shape index (κ3) is 2.14. The molecule has 0 saturated carbocycles. The fourth-order valence-corrected chi connectivity index (χ4v) is 2.06. The summed E-state index contributed by atoms with van der Waals surface area (Å²) in [6.07, 6.45) is 0.590. The van der Waals surface area contributed by atoms with Crippen molar-refractivity contribution in [3.05, 3.63) is 0 Å². The number of hydrogen-bond donors (Lipinski definition) is 1. The molecule has 0 aromatic heterocycles. The number of rotatable bonds is 3. The van der Waals surface area contributed by atoms with E-state index < -0.39 is 17.2 Å². The first-order valence-electron chi connectivity index (χ1n) is 3.71. The molecule has 1 aliphatic heterocycles. The highest BCUT2D eigenvalue weighted by atomic mass is 32.2. The van der Waals surface area contributed by atoms with Gasteiger partial charge in [-0.05, 0) is 6.42 Å². The summed E-state index contributed by atoms with van der Waals surface area (Å²) in [4.78, 5) is 21.2. The normalized spacial score (nSPS) is 28.6. The van der Waals surface area contributed by atoms with Gasteiger partial charge >= 0.3 is 11.9 Å². The molecule has 1 rings (SSSR count). The van der Waals surface area contributed by atoms with E-state index in [1.54, 1.807) is 0 Å². The van der Waals surface area contributed by atoms with E-state index >= 15 is 0 Å². The van der Waals surface area contributed by atoms with E-state index in [-0.39, 0.29) is 11.9 Å². The van der Waals surface area contributed by atoms with Crippen LogP contribution < -0.4 is 0 Å². The Morgan fingerprint density at radius 2 is 2.42 bits per heavy atom. The molecule has 1 N–H and O–H groups in total. The van der Waals surface area contributed by atoms with Gasteiger partial charge in [-0.2, -0.15) is 0 Å². The number of ether oxygens (including phenoxy) is 1. The summed E-state index contributed by atoms with van der Waals surface area (Å²) in [5.74, 6) is -1.35. The molecule has 0 amide bonds. The molecule has 4 nitrogen and oxygen atoms in total. The van der Waals surface area contributed by atoms with Gasteiger partial charge < -0.3 is 9.84 Å². The van der Waals surface area contributed by atoms with Gasteiger partial charge in [-0.3, -0.25) is 9.59 Å². The molecule has 5 heteroatoms. The number of carbonyl (C=O) groups is 2. The minimum absolute atomic E-state index is 0.139. The number of carbonyl (C=O) groups excluding carboxylic acids is 1. The minimum Gasteiger partial charge on any atom is -0.481 e. The van der Waals surface area contributed by atoms with Crippen LogP contribution in [-0.2, 0) is 14.3 Å². The van der Waals surface area contributed by atoms with Gasteiger partial charge in [-0.15, -0.1) is 11.8 Å². The molecule has 0 aromatic carbocycles. The highest BCUT2D eigenvalue weighted by molar-refractivity contribution is 8.01. The highest BCUT2D eigenvalue weighted by Crippen LogP contribution is 2.32. The monoisotopic (exact) mass is 190 g/mol. The Bertz CT molecular complexity index is 204. The second-order valence-electron chi connectivity index (χ2n) is 2.50. The Kier molecular flexibility index (Phi) is 2.97. The third-order valence-corrected chi connectivity index (χ3v) is 2.94. The maximum absolute atomic E-state index is 11.0. The van der Waals surface area contributed by atoms with Crippen molar-refractivity contribution in [2.75, 3.05) is 0 Å². The summed E-state index contributed by atoms with van der Waals surface area (Å²) in [5, 5.41) is 7.92. The van der Waals surface area contributed by atoms with Crippen LogP contribution in [0.25, 0.3) is 0 Å². The summed E-state index contributed by atoms with van der Waals surface area (Å²) < 4.78 is 4.88. The summed E-state index contributed by atoms with van der Waals surface area (Å²) in [7, 11) is 0. The zero-order valence-electron chi connectivity index (χ0n) is 6.65. The molecule has 0 aromatic rings. The Morgan fingerprint density at radius 3 is 2.83 bits per heavy atom. The lowest BCUT2D eigenvalue weighted by molar-refractivity contribution is -0.146. The van der Waals surface area contributed by atoms with Gasteiger partial charge in [0.25, 0.3) is 0 Å². The molecule has 1 aliphatic rings. The van der Waals surface area contributed by atoms with E-state index in [2.05, 4.69) is 0 Å². The molecular formula is C7H10O4S. The van der Waals surface area contributed by atoms with Crippen LogP contribution in [0.3, 0.4) is 0 Å². The number of carboxylic acid groups (broad SMARTS) is 1. The van der Waals surface area contributed by atoms with Gasteiger partial charge in [-0.1, -0.05) is 6.92 Å². The van der Waals surface area contributed by atoms with Crippen molar-refractivity contribution in [1.82, 2.24) is 0 Å². The molecule has 0 bridgehead atoms. The van der Waals surface area contributed by atoms with Crippen LogP contribution >= 0.6 is 11.8 Å². The predicted molar refractivity (Wildman–Crippen MR) is 43.8 cm³/mol. The van der Waals surface area contributed by atoms with Crippen LogP contribution in [0, 0.1) is 0 Å². The molecule has 0 aliphatic carbocycles. The number of esters is 1. The van der Waals surface area contributed by atoms with Gasteiger partial charge in [0.15, 0.2) is 0 Å². The van der Waals surface area contributed by atoms with E-state index in [0.717, 1.165) is 6.42 Å². The summed E-state index contributed by atoms with van der Waals surface area (Å²) in [6.45, 7) is 1.90. The van der Waals surface area contributed by atoms with Gasteiger partial charge in [0.1, 0.15) is 10.7 Å². The second kappa shape index (κ2) is 3.80. The topological polar surface area (TPSA) is 63.6 Å². The first-order chi connectivity index (χ1) is 5.63. The second-order valence-corrected chi connectivity index (χ2v) is 3.86. The molecular weight excluding hydrogens is 180 g/mol. The third-order valence-electron chi connectivity index (χ3n) is 1.52. The maximum atomic E-state index is 11.0. The Balaban J connectivity index is 2.46. The van der Waals surface area contributed by atoms with Gasteiger partial charge in [0.05, 0.1) is 6.42 Å². The molecule has 68 valence electrons. The maximum Gasteiger partial charge on any atom is 0.320 e. The van der Waals surface area contributed by atoms with Crippen LogP contribution in [0.1, 0.15) is 19.8 Å². The number of cyclic esters (lactones) is 1. The Labute approximate surface area is 74.3 Å². The lowest BCUT2D eigenvalue weighted by atomic mass is 10.3. The first kappa shape index (κ1) is 9.38. The minimum atomic E-state index is -0.957. The molecule has 2 unspecified atom stereocenters. The molecule has 0 spiro atoms. The molecule has 1 saturated heterocycles. The zero-order chi connectivity index (χ0) is 9.14. The lowest BCUT2D eigenvalue weighted by Crippen LogP contribution is -2.16. The van der Waals surface area contributed by atoms with Crippen LogP contribution in [0.4, 0.5) is 0 Å². The summed E-state index contributed by atoms with van der Waals surface area (Å²) in [5.41, 5.74) is -0.151. The van der Waals surface area contributed by atoms with Crippen molar-refractivity contribution in [3.8, 4) is 0 Å². The lowest BCUT2D eigenvalue weighted by Gasteiger charge is -2.01. The molecule has 1 fully saturated rings. The van der Waals surface area contributed by atoms with E-state index in [1.165, 1.54) is 11.8 Å². The van der Waals surface area contributed by atoms with Crippen molar-refractivity contribution in [2.45, 2.75) is 30.5 Å². The van der Waals surface area contributed by atoms with Crippen LogP contribution in [0.15, 0.2) is 0 Å². The molecule has 0 radical (unpaired) electrons. The van der Waals surface area contributed by atoms with Crippen molar-refractivity contribution >= 4 is 23.7 Å². The largest absolute Gasteiger partial charge is 0.481 e. The standard InChI is InChI=1S/C7H10O4S/c1-2-6-11-7(10)4(12-6)3-5(8)9/h4,6H,2-3H2,1H3,(H,8,9). The first-order valence-corrected chi connectivity index (χ1v) is 4.65. The molecule has 1 heterocycles. The number of carboxylic acids is 1. The Morgan fingerprint density at radius 1 is 1.75 bits per heavy atom. The van der Waals surface area contributed by atoms with Crippen molar-refractivity contribution < 1.29 is 19.4 Å². The number of aliphatic carboxylic acids is 1. The smallest absolute Gasteiger partial charge is 0.320 e. The van der Waals surface area contributed by atoms with Crippen LogP contribution in [0.5, 0.6) is 0 Å². The highest BCUT2D eigenvalue weighted by Gasteiger charge is 2.35. The summed E-state index contributed by atoms with van der Waals surface area (Å²) >= 11 is 1.29. The number of hydrogen-bond acceptors (Lipinski definition) is 4. The van der Waals surface area contributed by atoms with E-state index in [4.69, 9.17) is 9.84 Å². The van der Waals surface area contributed by atoms with Crippen molar-refractivity contribution in [3.63, 3.8) is 0 Å². The van der Waals surface area contributed by atoms with Crippen molar-refractivity contribution in [1.29, 1.82) is 0 Å². The number of thioether (sulfide) groups is 1. The average Bonchev–Trinajstić information content (AvgIpc) is 2.31. The fourth-order valence-electron chi connectivity index (χ4n) is 0.942.